The number of nitrogens with zero attached hydrogens (tertiary/aromatic N) is 2. The van der Waals surface area contributed by atoms with Gasteiger partial charge in [0.1, 0.15) is 5.75 Å². The number of alkyl halides is 3. The number of hydrogen-bond donors (Lipinski definition) is 3. The number of piperidine rings is 1. The van der Waals surface area contributed by atoms with Crippen molar-refractivity contribution >= 4 is 22.7 Å². The number of halogens is 3. The van der Waals surface area contributed by atoms with Crippen molar-refractivity contribution in [3.05, 3.63) is 64.3 Å². The standard InChI is InChI=1S/C33H39F3N4O4/c1-20(42)37-16-21-6-7-23(26(14-21)33(34,35)36)17-40-19-32(10-12-39(13-11-32)31(43)22-4-3-5-22)29-25-9-8-24(44-2)15-27(25)38-30(29)28(40)18-41/h6-9,14-15,22,28,38,41H,3-5,10-13,16-19H2,1-2H3,(H,37,42). The number of ether oxygens (including phenoxy) is 1. The molecule has 1 aromatic heterocycles. The van der Waals surface area contributed by atoms with Crippen LogP contribution in [0.3, 0.4) is 0 Å². The predicted molar refractivity (Wildman–Crippen MR) is 159 cm³/mol. The fourth-order valence-corrected chi connectivity index (χ4v) is 7.34. The van der Waals surface area contributed by atoms with Crippen LogP contribution in [0, 0.1) is 5.92 Å². The lowest BCUT2D eigenvalue weighted by Crippen LogP contribution is -2.55. The van der Waals surface area contributed by atoms with E-state index in [1.165, 1.54) is 13.0 Å². The number of aliphatic hydroxyl groups is 1. The second-order valence-electron chi connectivity index (χ2n) is 12.6. The maximum atomic E-state index is 14.4. The highest BCUT2D eigenvalue weighted by Gasteiger charge is 2.48. The molecule has 6 rings (SSSR count). The van der Waals surface area contributed by atoms with Gasteiger partial charge in [0, 0.05) is 73.6 Å². The zero-order valence-electron chi connectivity index (χ0n) is 25.1. The number of benzene rings is 2. The van der Waals surface area contributed by atoms with Crippen LogP contribution in [0.25, 0.3) is 10.9 Å². The van der Waals surface area contributed by atoms with Crippen LogP contribution in [0.4, 0.5) is 13.2 Å². The van der Waals surface area contributed by atoms with Crippen molar-refractivity contribution in [3.8, 4) is 5.75 Å². The van der Waals surface area contributed by atoms with E-state index in [9.17, 15) is 27.9 Å². The Morgan fingerprint density at radius 2 is 1.89 bits per heavy atom. The summed E-state index contributed by atoms with van der Waals surface area (Å²) < 4.78 is 48.6. The van der Waals surface area contributed by atoms with E-state index >= 15 is 0 Å². The third-order valence-corrected chi connectivity index (χ3v) is 9.90. The fraction of sp³-hybridized carbons (Fsp3) is 0.515. The van der Waals surface area contributed by atoms with Crippen LogP contribution in [-0.4, -0.2) is 65.1 Å². The fourth-order valence-electron chi connectivity index (χ4n) is 7.34. The van der Waals surface area contributed by atoms with Crippen LogP contribution >= 0.6 is 0 Å². The minimum absolute atomic E-state index is 0.00273. The normalized spacial score (nSPS) is 20.4. The molecule has 8 nitrogen and oxygen atoms in total. The molecule has 44 heavy (non-hydrogen) atoms. The van der Waals surface area contributed by atoms with Crippen molar-refractivity contribution in [2.75, 3.05) is 33.4 Å². The maximum absolute atomic E-state index is 14.4. The van der Waals surface area contributed by atoms with Crippen molar-refractivity contribution in [3.63, 3.8) is 0 Å². The number of nitrogens with one attached hydrogen (secondary N) is 2. The van der Waals surface area contributed by atoms with Crippen LogP contribution in [0.2, 0.25) is 0 Å². The lowest BCUT2D eigenvalue weighted by molar-refractivity contribution is -0.140. The lowest BCUT2D eigenvalue weighted by Gasteiger charge is -2.51. The van der Waals surface area contributed by atoms with Gasteiger partial charge in [-0.15, -0.1) is 0 Å². The van der Waals surface area contributed by atoms with Gasteiger partial charge in [0.2, 0.25) is 11.8 Å². The van der Waals surface area contributed by atoms with Crippen LogP contribution in [0.15, 0.2) is 36.4 Å². The summed E-state index contributed by atoms with van der Waals surface area (Å²) in [6.07, 6.45) is -0.290. The minimum atomic E-state index is -4.60. The third kappa shape index (κ3) is 5.56. The summed E-state index contributed by atoms with van der Waals surface area (Å²) in [5.41, 5.74) is 2.03. The number of aromatic nitrogens is 1. The summed E-state index contributed by atoms with van der Waals surface area (Å²) in [7, 11) is 1.60. The van der Waals surface area contributed by atoms with Crippen molar-refractivity contribution in [2.24, 2.45) is 5.92 Å². The van der Waals surface area contributed by atoms with Gasteiger partial charge in [0.25, 0.3) is 0 Å². The average Bonchev–Trinajstić information content (AvgIpc) is 3.35. The minimum Gasteiger partial charge on any atom is -0.497 e. The van der Waals surface area contributed by atoms with Gasteiger partial charge < -0.3 is 25.0 Å². The van der Waals surface area contributed by atoms with Crippen LogP contribution in [0.1, 0.15) is 73.0 Å². The third-order valence-electron chi connectivity index (χ3n) is 9.90. The molecule has 3 heterocycles. The number of carbonyl (C=O) groups is 2. The van der Waals surface area contributed by atoms with Gasteiger partial charge in [0.05, 0.1) is 25.3 Å². The molecule has 1 spiro atoms. The molecule has 3 aliphatic rings. The van der Waals surface area contributed by atoms with Gasteiger partial charge in [-0.3, -0.25) is 14.5 Å². The van der Waals surface area contributed by atoms with Gasteiger partial charge in [-0.1, -0.05) is 18.6 Å². The molecule has 2 aromatic carbocycles. The topological polar surface area (TPSA) is 97.9 Å². The molecule has 3 aromatic rings. The van der Waals surface area contributed by atoms with E-state index in [-0.39, 0.29) is 43.0 Å². The lowest BCUT2D eigenvalue weighted by atomic mass is 9.68. The van der Waals surface area contributed by atoms with Gasteiger partial charge in [-0.25, -0.2) is 0 Å². The van der Waals surface area contributed by atoms with Crippen molar-refractivity contribution < 1.29 is 32.6 Å². The van der Waals surface area contributed by atoms with Crippen LogP contribution in [-0.2, 0) is 34.3 Å². The molecule has 1 unspecified atom stereocenters. The van der Waals surface area contributed by atoms with Crippen molar-refractivity contribution in [2.45, 2.75) is 69.8 Å². The first-order valence-electron chi connectivity index (χ1n) is 15.3. The molecule has 2 aliphatic heterocycles. The number of fused-ring (bicyclic) bond motifs is 4. The highest BCUT2D eigenvalue weighted by molar-refractivity contribution is 5.88. The summed E-state index contributed by atoms with van der Waals surface area (Å²) in [5.74, 6) is 0.679. The van der Waals surface area contributed by atoms with E-state index in [4.69, 9.17) is 4.74 Å². The molecule has 236 valence electrons. The highest BCUT2D eigenvalue weighted by Crippen LogP contribution is 2.50. The van der Waals surface area contributed by atoms with Crippen molar-refractivity contribution in [1.29, 1.82) is 0 Å². The molecule has 1 saturated carbocycles. The van der Waals surface area contributed by atoms with Gasteiger partial charge >= 0.3 is 6.18 Å². The summed E-state index contributed by atoms with van der Waals surface area (Å²) in [6.45, 7) is 2.64. The molecule has 11 heteroatoms. The van der Waals surface area contributed by atoms with E-state index < -0.39 is 23.2 Å². The highest BCUT2D eigenvalue weighted by atomic mass is 19.4. The number of carbonyl (C=O) groups excluding carboxylic acids is 2. The number of rotatable bonds is 7. The van der Waals surface area contributed by atoms with Gasteiger partial charge in [-0.05, 0) is 60.6 Å². The number of likely N-dealkylation sites (tertiary alicyclic amines) is 1. The predicted octanol–water partition coefficient (Wildman–Crippen LogP) is 5.04. The van der Waals surface area contributed by atoms with E-state index in [2.05, 4.69) is 10.3 Å². The van der Waals surface area contributed by atoms with Crippen LogP contribution < -0.4 is 10.1 Å². The maximum Gasteiger partial charge on any atom is 0.416 e. The summed E-state index contributed by atoms with van der Waals surface area (Å²) >= 11 is 0. The van der Waals surface area contributed by atoms with Crippen molar-refractivity contribution in [1.82, 2.24) is 20.1 Å². The second-order valence-corrected chi connectivity index (χ2v) is 12.6. The zero-order chi connectivity index (χ0) is 31.2. The van der Waals surface area contributed by atoms with Gasteiger partial charge in [0.15, 0.2) is 0 Å². The first kappa shape index (κ1) is 30.5. The number of aromatic amines is 1. The number of methoxy groups -OCH3 is 1. The molecule has 1 atom stereocenters. The summed E-state index contributed by atoms with van der Waals surface area (Å²) in [6, 6.07) is 9.46. The van der Waals surface area contributed by atoms with E-state index in [1.54, 1.807) is 13.2 Å². The molecule has 0 bridgehead atoms. The Bertz CT molecular complexity index is 1560. The smallest absolute Gasteiger partial charge is 0.416 e. The Kier molecular flexibility index (Phi) is 8.13. The molecule has 3 N–H and O–H groups in total. The van der Waals surface area contributed by atoms with E-state index in [0.29, 0.717) is 43.8 Å². The Morgan fingerprint density at radius 3 is 2.50 bits per heavy atom. The quantitative estimate of drug-likeness (QED) is 0.348. The molecule has 1 aliphatic carbocycles. The Balaban J connectivity index is 1.38. The van der Waals surface area contributed by atoms with E-state index in [0.717, 1.165) is 47.5 Å². The van der Waals surface area contributed by atoms with E-state index in [1.807, 2.05) is 28.0 Å². The first-order chi connectivity index (χ1) is 21.0. The largest absolute Gasteiger partial charge is 0.497 e. The number of amides is 2. The molecule has 0 radical (unpaired) electrons. The molecule has 2 amide bonds. The molecule has 1 saturated heterocycles. The SMILES string of the molecule is COc1ccc2c3c([nH]c2c1)C(CO)N(Cc1ccc(CNC(C)=O)cc1C(F)(F)F)CC31CCN(C(=O)C2CCC2)CC1. The average molecular weight is 613 g/mol. The molecular weight excluding hydrogens is 573 g/mol. The Morgan fingerprint density at radius 1 is 1.14 bits per heavy atom. The van der Waals surface area contributed by atoms with Gasteiger partial charge in [-0.2, -0.15) is 13.2 Å². The number of aliphatic hydroxyl groups excluding tert-OH is 1. The Labute approximate surface area is 254 Å². The number of H-pyrrole nitrogens is 1. The first-order valence-corrected chi connectivity index (χ1v) is 15.3. The second kappa shape index (κ2) is 11.7. The zero-order valence-corrected chi connectivity index (χ0v) is 25.1. The monoisotopic (exact) mass is 612 g/mol. The van der Waals surface area contributed by atoms with Crippen LogP contribution in [0.5, 0.6) is 5.75 Å². The summed E-state index contributed by atoms with van der Waals surface area (Å²) in [4.78, 5) is 31.9. The molecular formula is C33H39F3N4O4. The number of hydrogen-bond acceptors (Lipinski definition) is 5. The summed E-state index contributed by atoms with van der Waals surface area (Å²) in [5, 5.41) is 14.3. The Hall–Kier alpha value is -3.57. The molecule has 2 fully saturated rings.